The third kappa shape index (κ3) is 6.21. The van der Waals surface area contributed by atoms with Crippen LogP contribution in [0.15, 0.2) is 81.8 Å². The predicted molar refractivity (Wildman–Crippen MR) is 116 cm³/mol. The van der Waals surface area contributed by atoms with Crippen LogP contribution in [0, 0.1) is 11.5 Å². The molecule has 2 aromatic carbocycles. The number of nitriles is 1. The highest BCUT2D eigenvalue weighted by atomic mass is 35.5. The normalized spacial score (nSPS) is 12.2. The summed E-state index contributed by atoms with van der Waals surface area (Å²) in [6.07, 6.45) is 0.0471. The number of halogens is 4. The minimum Gasteiger partial charge on any atom is -0.351 e. The zero-order chi connectivity index (χ0) is 24.1. The van der Waals surface area contributed by atoms with Crippen LogP contribution in [0.5, 0.6) is 0 Å². The number of guanidine groups is 1. The van der Waals surface area contributed by atoms with E-state index in [-0.39, 0.29) is 22.4 Å². The molecule has 0 saturated heterocycles. The topological polar surface area (TPSA) is 107 Å². The van der Waals surface area contributed by atoms with Crippen LogP contribution in [0.25, 0.3) is 0 Å². The summed E-state index contributed by atoms with van der Waals surface area (Å²) in [6, 6.07) is 11.1. The van der Waals surface area contributed by atoms with Gasteiger partial charge in [-0.25, -0.2) is 8.42 Å². The Balaban J connectivity index is 1.76. The van der Waals surface area contributed by atoms with Gasteiger partial charge in [-0.3, -0.25) is 4.98 Å². The van der Waals surface area contributed by atoms with Crippen LogP contribution in [0.3, 0.4) is 0 Å². The summed E-state index contributed by atoms with van der Waals surface area (Å²) in [6.45, 7) is 0.189. The van der Waals surface area contributed by atoms with Crippen molar-refractivity contribution in [2.45, 2.75) is 22.5 Å². The second kappa shape index (κ2) is 9.89. The van der Waals surface area contributed by atoms with E-state index in [4.69, 9.17) is 16.9 Å². The number of hydrogen-bond acceptors (Lipinski definition) is 5. The molecule has 0 fully saturated rings. The molecule has 1 heterocycles. The number of hydrogen-bond donors (Lipinski definition) is 2. The Bertz CT molecular complexity index is 1310. The van der Waals surface area contributed by atoms with Crippen molar-refractivity contribution in [3.05, 3.63) is 83.1 Å². The molecule has 2 N–H and O–H groups in total. The Kier molecular flexibility index (Phi) is 7.20. The largest absolute Gasteiger partial charge is 0.416 e. The number of anilines is 1. The van der Waals surface area contributed by atoms with Crippen LogP contribution in [-0.2, 0) is 22.6 Å². The first-order chi connectivity index (χ1) is 15.6. The number of pyridine rings is 1. The van der Waals surface area contributed by atoms with Gasteiger partial charge >= 0.3 is 6.18 Å². The lowest BCUT2D eigenvalue weighted by atomic mass is 10.2. The lowest BCUT2D eigenvalue weighted by Crippen LogP contribution is -2.30. The lowest BCUT2D eigenvalue weighted by molar-refractivity contribution is -0.137. The molecule has 3 aromatic rings. The molecule has 0 saturated carbocycles. The van der Waals surface area contributed by atoms with Crippen LogP contribution in [0.2, 0.25) is 5.02 Å². The van der Waals surface area contributed by atoms with Gasteiger partial charge in [-0.15, -0.1) is 4.99 Å². The van der Waals surface area contributed by atoms with Gasteiger partial charge in [-0.2, -0.15) is 18.4 Å². The fraction of sp³-hybridized carbons (Fsp3) is 0.0952. The standard InChI is InChI=1S/C21H15ClF3N5O2S/c22-16-9-15(21(23,24)25)10-19(11-16)33(31,32)18-3-1-14(2-4-18)12-28-20(29-13-26)30-17-5-7-27-8-6-17/h1-11H,12H2,(H2,27,28,29,30). The number of aliphatic imine (C=N–C) groups is 1. The van der Waals surface area contributed by atoms with Crippen LogP contribution in [-0.4, -0.2) is 19.4 Å². The first-order valence-corrected chi connectivity index (χ1v) is 11.1. The Morgan fingerprint density at radius 1 is 1.06 bits per heavy atom. The van der Waals surface area contributed by atoms with Crippen LogP contribution in [0.4, 0.5) is 18.9 Å². The van der Waals surface area contributed by atoms with Gasteiger partial charge in [0, 0.05) is 29.6 Å². The summed E-state index contributed by atoms with van der Waals surface area (Å²) >= 11 is 5.71. The summed E-state index contributed by atoms with van der Waals surface area (Å²) in [4.78, 5) is 6.78. The third-order valence-electron chi connectivity index (χ3n) is 4.31. The molecule has 0 unspecified atom stereocenters. The van der Waals surface area contributed by atoms with E-state index in [1.54, 1.807) is 30.7 Å². The van der Waals surface area contributed by atoms with E-state index in [1.165, 1.54) is 24.3 Å². The maximum Gasteiger partial charge on any atom is 0.416 e. The van der Waals surface area contributed by atoms with Crippen molar-refractivity contribution in [3.63, 3.8) is 0 Å². The molecule has 33 heavy (non-hydrogen) atoms. The molecule has 1 aromatic heterocycles. The van der Waals surface area contributed by atoms with Crippen molar-refractivity contribution in [1.29, 1.82) is 5.26 Å². The molecule has 170 valence electrons. The zero-order valence-electron chi connectivity index (χ0n) is 16.6. The molecule has 0 spiro atoms. The molecule has 12 heteroatoms. The fourth-order valence-electron chi connectivity index (χ4n) is 2.72. The minimum atomic E-state index is -4.74. The van der Waals surface area contributed by atoms with E-state index in [9.17, 15) is 21.6 Å². The van der Waals surface area contributed by atoms with Crippen molar-refractivity contribution < 1.29 is 21.6 Å². The number of aromatic nitrogens is 1. The molecule has 0 atom stereocenters. The third-order valence-corrected chi connectivity index (χ3v) is 6.27. The maximum atomic E-state index is 13.0. The number of nitrogens with zero attached hydrogens (tertiary/aromatic N) is 3. The van der Waals surface area contributed by atoms with Crippen LogP contribution in [0.1, 0.15) is 11.1 Å². The van der Waals surface area contributed by atoms with Gasteiger partial charge < -0.3 is 10.6 Å². The molecule has 0 aliphatic heterocycles. The van der Waals surface area contributed by atoms with Gasteiger partial charge in [-0.1, -0.05) is 23.7 Å². The quantitative estimate of drug-likeness (QED) is 0.305. The van der Waals surface area contributed by atoms with E-state index in [2.05, 4.69) is 20.6 Å². The van der Waals surface area contributed by atoms with E-state index in [0.29, 0.717) is 23.4 Å². The van der Waals surface area contributed by atoms with Gasteiger partial charge in [0.05, 0.1) is 15.4 Å². The average molecular weight is 494 g/mol. The minimum absolute atomic E-state index is 0.166. The number of nitrogens with one attached hydrogen (secondary N) is 2. The number of rotatable bonds is 5. The number of benzene rings is 2. The lowest BCUT2D eigenvalue weighted by Gasteiger charge is -2.12. The van der Waals surface area contributed by atoms with E-state index >= 15 is 0 Å². The Morgan fingerprint density at radius 3 is 2.33 bits per heavy atom. The van der Waals surface area contributed by atoms with Gasteiger partial charge in [0.15, 0.2) is 0 Å². The maximum absolute atomic E-state index is 13.0. The molecular weight excluding hydrogens is 479 g/mol. The molecule has 0 radical (unpaired) electrons. The Hall–Kier alpha value is -3.62. The predicted octanol–water partition coefficient (Wildman–Crippen LogP) is 4.63. The van der Waals surface area contributed by atoms with Gasteiger partial charge in [0.2, 0.25) is 22.0 Å². The summed E-state index contributed by atoms with van der Waals surface area (Å²) in [7, 11) is -4.23. The molecule has 0 amide bonds. The molecule has 7 nitrogen and oxygen atoms in total. The Morgan fingerprint density at radius 2 is 1.73 bits per heavy atom. The van der Waals surface area contributed by atoms with Gasteiger partial charge in [-0.05, 0) is 48.0 Å². The summed E-state index contributed by atoms with van der Waals surface area (Å²) in [5.74, 6) is 0.166. The molecule has 0 bridgehead atoms. The smallest absolute Gasteiger partial charge is 0.351 e. The molecule has 3 rings (SSSR count). The van der Waals surface area contributed by atoms with Crippen molar-refractivity contribution in [2.75, 3.05) is 5.32 Å². The van der Waals surface area contributed by atoms with E-state index < -0.39 is 26.5 Å². The highest BCUT2D eigenvalue weighted by Crippen LogP contribution is 2.34. The highest BCUT2D eigenvalue weighted by Gasteiger charge is 2.32. The molecule has 0 aliphatic rings. The second-order valence-corrected chi connectivity index (χ2v) is 8.98. The van der Waals surface area contributed by atoms with Gasteiger partial charge in [0.25, 0.3) is 0 Å². The Labute approximate surface area is 192 Å². The summed E-state index contributed by atoms with van der Waals surface area (Å²) < 4.78 is 64.7. The summed E-state index contributed by atoms with van der Waals surface area (Å²) in [5, 5.41) is 14.3. The number of alkyl halides is 3. The van der Waals surface area contributed by atoms with E-state index in [1.807, 2.05) is 0 Å². The van der Waals surface area contributed by atoms with Crippen molar-refractivity contribution >= 4 is 33.1 Å². The van der Waals surface area contributed by atoms with Crippen molar-refractivity contribution in [3.8, 4) is 6.19 Å². The zero-order valence-corrected chi connectivity index (χ0v) is 18.2. The first-order valence-electron chi connectivity index (χ1n) is 9.19. The van der Waals surface area contributed by atoms with Crippen LogP contribution < -0.4 is 10.6 Å². The monoisotopic (exact) mass is 493 g/mol. The molecular formula is C21H15ClF3N5O2S. The highest BCUT2D eigenvalue weighted by molar-refractivity contribution is 7.91. The number of sulfone groups is 1. The van der Waals surface area contributed by atoms with E-state index in [0.717, 1.165) is 6.07 Å². The first kappa shape index (κ1) is 24.0. The fourth-order valence-corrected chi connectivity index (χ4v) is 4.35. The SMILES string of the molecule is N#C/N=C(\NCc1ccc(S(=O)(=O)c2cc(Cl)cc(C(F)(F)F)c2)cc1)Nc1ccncc1. The average Bonchev–Trinajstić information content (AvgIpc) is 2.77. The van der Waals surface area contributed by atoms with Crippen LogP contribution >= 0.6 is 11.6 Å². The second-order valence-electron chi connectivity index (χ2n) is 6.60. The molecule has 0 aliphatic carbocycles. The van der Waals surface area contributed by atoms with Crippen molar-refractivity contribution in [1.82, 2.24) is 10.3 Å². The summed E-state index contributed by atoms with van der Waals surface area (Å²) in [5.41, 5.74) is 0.131. The van der Waals surface area contributed by atoms with Crippen molar-refractivity contribution in [2.24, 2.45) is 4.99 Å². The van der Waals surface area contributed by atoms with Gasteiger partial charge in [0.1, 0.15) is 0 Å².